The van der Waals surface area contributed by atoms with Crippen LogP contribution in [0.25, 0.3) is 0 Å². The summed E-state index contributed by atoms with van der Waals surface area (Å²) in [6.45, 7) is 2.05. The molecule has 1 fully saturated rings. The molecule has 0 N–H and O–H groups in total. The number of imidazole rings is 1. The Morgan fingerprint density at radius 1 is 1.25 bits per heavy atom. The van der Waals surface area contributed by atoms with Gasteiger partial charge in [-0.2, -0.15) is 0 Å². The molecule has 1 saturated heterocycles. The summed E-state index contributed by atoms with van der Waals surface area (Å²) in [7, 11) is 3.61. The van der Waals surface area contributed by atoms with E-state index in [2.05, 4.69) is 15.2 Å². The monoisotopic (exact) mass is 380 g/mol. The molecule has 1 aliphatic rings. The van der Waals surface area contributed by atoms with Gasteiger partial charge in [0.2, 0.25) is 0 Å². The number of rotatable bonds is 5. The summed E-state index contributed by atoms with van der Waals surface area (Å²) >= 11 is 0. The third kappa shape index (κ3) is 3.62. The maximum atomic E-state index is 12.9. The fraction of sp³-hybridized carbons (Fsp3) is 0.400. The standard InChI is InChI=1S/C20H24N6O2/c1-24-18(13-25-11-9-21-14-25)22-23-19(24)16-4-3-10-26(12-16)20(27)15-5-7-17(28-2)8-6-15/h5-9,11,14,16H,3-4,10,12-13H2,1-2H3/t16-/m1/s1. The third-order valence-corrected chi connectivity index (χ3v) is 5.29. The van der Waals surface area contributed by atoms with Crippen LogP contribution in [0, 0.1) is 0 Å². The summed E-state index contributed by atoms with van der Waals surface area (Å²) in [6.07, 6.45) is 7.38. The first kappa shape index (κ1) is 18.2. The molecule has 0 radical (unpaired) electrons. The van der Waals surface area contributed by atoms with E-state index in [0.29, 0.717) is 18.7 Å². The van der Waals surface area contributed by atoms with Gasteiger partial charge in [0.05, 0.1) is 20.0 Å². The highest BCUT2D eigenvalue weighted by Gasteiger charge is 2.29. The molecule has 2 aromatic heterocycles. The summed E-state index contributed by atoms with van der Waals surface area (Å²) in [5, 5.41) is 8.79. The number of ether oxygens (including phenoxy) is 1. The Labute approximate surface area is 163 Å². The Bertz CT molecular complexity index is 932. The number of amides is 1. The molecule has 0 bridgehead atoms. The van der Waals surface area contributed by atoms with E-state index in [9.17, 15) is 4.79 Å². The van der Waals surface area contributed by atoms with Crippen LogP contribution in [0.3, 0.4) is 0 Å². The van der Waals surface area contributed by atoms with Crippen LogP contribution < -0.4 is 4.74 Å². The topological polar surface area (TPSA) is 78.1 Å². The fourth-order valence-corrected chi connectivity index (χ4v) is 3.70. The number of methoxy groups -OCH3 is 1. The van der Waals surface area contributed by atoms with Crippen LogP contribution in [0.5, 0.6) is 5.75 Å². The molecule has 8 heteroatoms. The lowest BCUT2D eigenvalue weighted by atomic mass is 9.96. The zero-order chi connectivity index (χ0) is 19.5. The summed E-state index contributed by atoms with van der Waals surface area (Å²) in [5.74, 6) is 2.80. The molecule has 0 saturated carbocycles. The summed E-state index contributed by atoms with van der Waals surface area (Å²) in [4.78, 5) is 18.9. The number of aromatic nitrogens is 5. The molecule has 1 atom stereocenters. The van der Waals surface area contributed by atoms with Gasteiger partial charge in [-0.1, -0.05) is 0 Å². The van der Waals surface area contributed by atoms with E-state index in [1.165, 1.54) is 0 Å². The molecule has 0 unspecified atom stereocenters. The molecule has 1 aliphatic heterocycles. The van der Waals surface area contributed by atoms with Crippen LogP contribution in [0.15, 0.2) is 43.0 Å². The number of likely N-dealkylation sites (tertiary alicyclic amines) is 1. The van der Waals surface area contributed by atoms with Crippen molar-refractivity contribution in [3.63, 3.8) is 0 Å². The second kappa shape index (κ2) is 7.84. The fourth-order valence-electron chi connectivity index (χ4n) is 3.70. The maximum Gasteiger partial charge on any atom is 0.253 e. The Morgan fingerprint density at radius 2 is 2.07 bits per heavy atom. The average molecular weight is 380 g/mol. The van der Waals surface area contributed by atoms with Crippen LogP contribution in [-0.2, 0) is 13.6 Å². The van der Waals surface area contributed by atoms with E-state index in [1.807, 2.05) is 51.5 Å². The van der Waals surface area contributed by atoms with Crippen LogP contribution in [0.2, 0.25) is 0 Å². The van der Waals surface area contributed by atoms with Crippen molar-refractivity contribution >= 4 is 5.91 Å². The van der Waals surface area contributed by atoms with E-state index in [4.69, 9.17) is 4.74 Å². The first-order chi connectivity index (χ1) is 13.7. The van der Waals surface area contributed by atoms with Gasteiger partial charge < -0.3 is 18.8 Å². The Kier molecular flexibility index (Phi) is 5.10. The lowest BCUT2D eigenvalue weighted by Gasteiger charge is -2.32. The Morgan fingerprint density at radius 3 is 2.79 bits per heavy atom. The predicted octanol–water partition coefficient (Wildman–Crippen LogP) is 2.09. The minimum atomic E-state index is 0.0492. The lowest BCUT2D eigenvalue weighted by molar-refractivity contribution is 0.0703. The van der Waals surface area contributed by atoms with Gasteiger partial charge in [-0.05, 0) is 37.1 Å². The second-order valence-electron chi connectivity index (χ2n) is 7.09. The van der Waals surface area contributed by atoms with Crippen molar-refractivity contribution in [2.24, 2.45) is 7.05 Å². The van der Waals surface area contributed by atoms with Crippen molar-refractivity contribution in [1.82, 2.24) is 29.2 Å². The van der Waals surface area contributed by atoms with Gasteiger partial charge in [0.1, 0.15) is 11.6 Å². The first-order valence-corrected chi connectivity index (χ1v) is 9.43. The van der Waals surface area contributed by atoms with Crippen LogP contribution in [-0.4, -0.2) is 55.3 Å². The number of hydrogen-bond donors (Lipinski definition) is 0. The zero-order valence-corrected chi connectivity index (χ0v) is 16.2. The summed E-state index contributed by atoms with van der Waals surface area (Å²) in [6, 6.07) is 7.27. The third-order valence-electron chi connectivity index (χ3n) is 5.29. The quantitative estimate of drug-likeness (QED) is 0.677. The number of carbonyl (C=O) groups is 1. The van der Waals surface area contributed by atoms with Crippen LogP contribution in [0.1, 0.15) is 40.8 Å². The van der Waals surface area contributed by atoms with Crippen molar-refractivity contribution in [2.75, 3.05) is 20.2 Å². The highest BCUT2D eigenvalue weighted by molar-refractivity contribution is 5.94. The number of hydrogen-bond acceptors (Lipinski definition) is 5. The molecular weight excluding hydrogens is 356 g/mol. The molecule has 4 rings (SSSR count). The van der Waals surface area contributed by atoms with Gasteiger partial charge in [-0.25, -0.2) is 4.98 Å². The van der Waals surface area contributed by atoms with Crippen molar-refractivity contribution in [2.45, 2.75) is 25.3 Å². The SMILES string of the molecule is COc1ccc(C(=O)N2CCC[C@@H](c3nnc(Cn4ccnc4)n3C)C2)cc1. The number of carbonyl (C=O) groups excluding carboxylic acids is 1. The van der Waals surface area contributed by atoms with E-state index < -0.39 is 0 Å². The van der Waals surface area contributed by atoms with Crippen LogP contribution in [0.4, 0.5) is 0 Å². The highest BCUT2D eigenvalue weighted by atomic mass is 16.5. The molecule has 0 spiro atoms. The van der Waals surface area contributed by atoms with E-state index in [-0.39, 0.29) is 11.8 Å². The molecule has 0 aliphatic carbocycles. The van der Waals surface area contributed by atoms with Crippen molar-refractivity contribution < 1.29 is 9.53 Å². The number of nitrogens with zero attached hydrogens (tertiary/aromatic N) is 6. The Balaban J connectivity index is 1.47. The van der Waals surface area contributed by atoms with Crippen molar-refractivity contribution in [1.29, 1.82) is 0 Å². The molecule has 3 aromatic rings. The molecule has 1 aromatic carbocycles. The zero-order valence-electron chi connectivity index (χ0n) is 16.2. The van der Waals surface area contributed by atoms with Gasteiger partial charge in [0.15, 0.2) is 5.82 Å². The van der Waals surface area contributed by atoms with E-state index >= 15 is 0 Å². The van der Waals surface area contributed by atoms with Crippen molar-refractivity contribution in [3.05, 3.63) is 60.2 Å². The molecule has 28 heavy (non-hydrogen) atoms. The molecule has 1 amide bonds. The first-order valence-electron chi connectivity index (χ1n) is 9.43. The van der Waals surface area contributed by atoms with E-state index in [0.717, 1.165) is 36.8 Å². The minimum absolute atomic E-state index is 0.0492. The molecule has 146 valence electrons. The Hall–Kier alpha value is -3.16. The van der Waals surface area contributed by atoms with Gasteiger partial charge in [-0.15, -0.1) is 10.2 Å². The predicted molar refractivity (Wildman–Crippen MR) is 103 cm³/mol. The second-order valence-corrected chi connectivity index (χ2v) is 7.09. The minimum Gasteiger partial charge on any atom is -0.497 e. The van der Waals surface area contributed by atoms with Crippen molar-refractivity contribution in [3.8, 4) is 5.75 Å². The molecule has 8 nitrogen and oxygen atoms in total. The van der Waals surface area contributed by atoms with E-state index in [1.54, 1.807) is 19.6 Å². The maximum absolute atomic E-state index is 12.9. The average Bonchev–Trinajstić information content (AvgIpc) is 3.38. The smallest absolute Gasteiger partial charge is 0.253 e. The van der Waals surface area contributed by atoms with Gasteiger partial charge in [-0.3, -0.25) is 4.79 Å². The summed E-state index contributed by atoms with van der Waals surface area (Å²) in [5.41, 5.74) is 0.681. The normalized spacial score (nSPS) is 16.9. The molecular formula is C20H24N6O2. The van der Waals surface area contributed by atoms with Gasteiger partial charge in [0.25, 0.3) is 5.91 Å². The number of benzene rings is 1. The number of piperidine rings is 1. The van der Waals surface area contributed by atoms with Crippen LogP contribution >= 0.6 is 0 Å². The molecule has 3 heterocycles. The lowest BCUT2D eigenvalue weighted by Crippen LogP contribution is -2.39. The van der Waals surface area contributed by atoms with Gasteiger partial charge >= 0.3 is 0 Å². The largest absolute Gasteiger partial charge is 0.497 e. The summed E-state index contributed by atoms with van der Waals surface area (Å²) < 4.78 is 9.19. The van der Waals surface area contributed by atoms with Gasteiger partial charge in [0, 0.05) is 44.0 Å². The highest BCUT2D eigenvalue weighted by Crippen LogP contribution is 2.27.